The zero-order chi connectivity index (χ0) is 13.4. The van der Waals surface area contributed by atoms with Crippen molar-refractivity contribution in [3.05, 3.63) is 0 Å². The van der Waals surface area contributed by atoms with Gasteiger partial charge in [0, 0.05) is 19.1 Å². The van der Waals surface area contributed by atoms with Gasteiger partial charge in [0.1, 0.15) is 0 Å². The Morgan fingerprint density at radius 3 is 2.78 bits per heavy atom. The van der Waals surface area contributed by atoms with Crippen LogP contribution in [0, 0.1) is 5.92 Å². The van der Waals surface area contributed by atoms with Crippen molar-refractivity contribution < 1.29 is 9.90 Å². The standard InChI is InChI=1S/C14H28N2O2/c1-3-4-8-16(9-10-17)14(18)15-13-7-5-6-12(2)11-13/h12-13,17H,3-11H2,1-2H3,(H,15,18). The van der Waals surface area contributed by atoms with Gasteiger partial charge in [-0.25, -0.2) is 4.79 Å². The Labute approximate surface area is 111 Å². The summed E-state index contributed by atoms with van der Waals surface area (Å²) in [5.41, 5.74) is 0. The highest BCUT2D eigenvalue weighted by Gasteiger charge is 2.22. The van der Waals surface area contributed by atoms with Gasteiger partial charge in [0.25, 0.3) is 0 Å². The van der Waals surface area contributed by atoms with Gasteiger partial charge >= 0.3 is 6.03 Å². The van der Waals surface area contributed by atoms with E-state index in [1.165, 1.54) is 12.8 Å². The highest BCUT2D eigenvalue weighted by Crippen LogP contribution is 2.23. The average molecular weight is 256 g/mol. The smallest absolute Gasteiger partial charge is 0.317 e. The van der Waals surface area contributed by atoms with Gasteiger partial charge in [-0.2, -0.15) is 0 Å². The van der Waals surface area contributed by atoms with Gasteiger partial charge in [-0.05, 0) is 25.2 Å². The molecule has 0 bridgehead atoms. The minimum absolute atomic E-state index is 0.00315. The van der Waals surface area contributed by atoms with Crippen LogP contribution in [0.15, 0.2) is 0 Å². The van der Waals surface area contributed by atoms with E-state index in [1.807, 2.05) is 0 Å². The van der Waals surface area contributed by atoms with E-state index in [0.717, 1.165) is 32.2 Å². The van der Waals surface area contributed by atoms with Gasteiger partial charge in [-0.1, -0.05) is 33.1 Å². The van der Waals surface area contributed by atoms with Crippen molar-refractivity contribution in [3.8, 4) is 0 Å². The maximum Gasteiger partial charge on any atom is 0.317 e. The van der Waals surface area contributed by atoms with Crippen LogP contribution >= 0.6 is 0 Å². The molecule has 0 saturated heterocycles. The first-order chi connectivity index (χ1) is 8.67. The second-order valence-electron chi connectivity index (χ2n) is 5.48. The summed E-state index contributed by atoms with van der Waals surface area (Å²) in [4.78, 5) is 13.9. The lowest BCUT2D eigenvalue weighted by Gasteiger charge is -2.30. The van der Waals surface area contributed by atoms with Gasteiger partial charge in [-0.3, -0.25) is 0 Å². The van der Waals surface area contributed by atoms with Crippen LogP contribution in [-0.2, 0) is 0 Å². The van der Waals surface area contributed by atoms with Crippen molar-refractivity contribution in [1.29, 1.82) is 0 Å². The van der Waals surface area contributed by atoms with Crippen molar-refractivity contribution in [2.24, 2.45) is 5.92 Å². The topological polar surface area (TPSA) is 52.6 Å². The normalized spacial score (nSPS) is 23.7. The van der Waals surface area contributed by atoms with Gasteiger partial charge in [0.15, 0.2) is 0 Å². The third-order valence-electron chi connectivity index (χ3n) is 3.70. The highest BCUT2D eigenvalue weighted by molar-refractivity contribution is 5.74. The van der Waals surface area contributed by atoms with Crippen LogP contribution in [0.4, 0.5) is 4.79 Å². The number of hydrogen-bond donors (Lipinski definition) is 2. The van der Waals surface area contributed by atoms with E-state index >= 15 is 0 Å². The van der Waals surface area contributed by atoms with E-state index in [-0.39, 0.29) is 12.6 Å². The predicted molar refractivity (Wildman–Crippen MR) is 73.5 cm³/mol. The molecule has 4 nitrogen and oxygen atoms in total. The van der Waals surface area contributed by atoms with Gasteiger partial charge in [0.05, 0.1) is 6.61 Å². The molecule has 1 fully saturated rings. The lowest BCUT2D eigenvalue weighted by Crippen LogP contribution is -2.47. The van der Waals surface area contributed by atoms with Crippen LogP contribution in [0.2, 0.25) is 0 Å². The minimum Gasteiger partial charge on any atom is -0.395 e. The van der Waals surface area contributed by atoms with Crippen molar-refractivity contribution >= 4 is 6.03 Å². The molecule has 4 heteroatoms. The maximum absolute atomic E-state index is 12.1. The molecule has 1 aliphatic rings. The van der Waals surface area contributed by atoms with E-state index in [2.05, 4.69) is 19.2 Å². The number of urea groups is 1. The second kappa shape index (κ2) is 8.35. The van der Waals surface area contributed by atoms with Crippen LogP contribution in [0.5, 0.6) is 0 Å². The number of nitrogens with one attached hydrogen (secondary N) is 1. The number of hydrogen-bond acceptors (Lipinski definition) is 2. The van der Waals surface area contributed by atoms with Gasteiger partial charge in [0.2, 0.25) is 0 Å². The fourth-order valence-corrected chi connectivity index (χ4v) is 2.62. The molecule has 1 saturated carbocycles. The summed E-state index contributed by atoms with van der Waals surface area (Å²) < 4.78 is 0. The molecule has 0 aromatic heterocycles. The quantitative estimate of drug-likeness (QED) is 0.766. The van der Waals surface area contributed by atoms with Crippen LogP contribution in [0.3, 0.4) is 0 Å². The summed E-state index contributed by atoms with van der Waals surface area (Å²) in [5, 5.41) is 12.1. The predicted octanol–water partition coefficient (Wildman–Crippen LogP) is 2.37. The number of carbonyl (C=O) groups excluding carboxylic acids is 1. The zero-order valence-corrected chi connectivity index (χ0v) is 11.8. The van der Waals surface area contributed by atoms with Crippen LogP contribution in [0.25, 0.3) is 0 Å². The summed E-state index contributed by atoms with van der Waals surface area (Å²) in [6.07, 6.45) is 6.73. The van der Waals surface area contributed by atoms with Crippen molar-refractivity contribution in [2.75, 3.05) is 19.7 Å². The molecule has 0 radical (unpaired) electrons. The van der Waals surface area contributed by atoms with Crippen molar-refractivity contribution in [2.45, 2.75) is 58.4 Å². The molecular weight excluding hydrogens is 228 g/mol. The molecule has 2 unspecified atom stereocenters. The molecule has 0 spiro atoms. The first kappa shape index (κ1) is 15.3. The summed E-state index contributed by atoms with van der Waals surface area (Å²) in [5.74, 6) is 0.714. The SMILES string of the molecule is CCCCN(CCO)C(=O)NC1CCCC(C)C1. The summed E-state index contributed by atoms with van der Waals surface area (Å²) in [6, 6.07) is 0.320. The summed E-state index contributed by atoms with van der Waals surface area (Å²) in [7, 11) is 0. The molecule has 18 heavy (non-hydrogen) atoms. The van der Waals surface area contributed by atoms with E-state index in [9.17, 15) is 4.79 Å². The fraction of sp³-hybridized carbons (Fsp3) is 0.929. The Bertz CT molecular complexity index is 246. The molecule has 0 aliphatic heterocycles. The molecule has 0 aromatic carbocycles. The number of carbonyl (C=O) groups is 1. The van der Waals surface area contributed by atoms with Gasteiger partial charge in [-0.15, -0.1) is 0 Å². The lowest BCUT2D eigenvalue weighted by atomic mass is 9.87. The molecule has 0 aromatic rings. The number of amides is 2. The Balaban J connectivity index is 2.39. The molecule has 1 rings (SSSR count). The van der Waals surface area contributed by atoms with Crippen LogP contribution in [-0.4, -0.2) is 41.8 Å². The maximum atomic E-state index is 12.1. The molecule has 2 atom stereocenters. The Morgan fingerprint density at radius 1 is 1.39 bits per heavy atom. The number of aliphatic hydroxyl groups excluding tert-OH is 1. The van der Waals surface area contributed by atoms with E-state index in [1.54, 1.807) is 4.90 Å². The van der Waals surface area contributed by atoms with E-state index in [0.29, 0.717) is 18.5 Å². The highest BCUT2D eigenvalue weighted by atomic mass is 16.3. The average Bonchev–Trinajstić information content (AvgIpc) is 2.34. The largest absolute Gasteiger partial charge is 0.395 e. The second-order valence-corrected chi connectivity index (χ2v) is 5.48. The molecule has 2 amide bonds. The van der Waals surface area contributed by atoms with Gasteiger partial charge < -0.3 is 15.3 Å². The van der Waals surface area contributed by atoms with Crippen LogP contribution in [0.1, 0.15) is 52.4 Å². The number of aliphatic hydroxyl groups is 1. The number of unbranched alkanes of at least 4 members (excludes halogenated alkanes) is 1. The van der Waals surface area contributed by atoms with Crippen molar-refractivity contribution in [1.82, 2.24) is 10.2 Å². The van der Waals surface area contributed by atoms with Crippen LogP contribution < -0.4 is 5.32 Å². The Kier molecular flexibility index (Phi) is 7.09. The number of rotatable bonds is 6. The first-order valence-electron chi connectivity index (χ1n) is 7.33. The Morgan fingerprint density at radius 2 is 2.17 bits per heavy atom. The minimum atomic E-state index is -0.00315. The third kappa shape index (κ3) is 5.25. The third-order valence-corrected chi connectivity index (χ3v) is 3.70. The first-order valence-corrected chi connectivity index (χ1v) is 7.33. The molecule has 2 N–H and O–H groups in total. The van der Waals surface area contributed by atoms with E-state index in [4.69, 9.17) is 5.11 Å². The fourth-order valence-electron chi connectivity index (χ4n) is 2.62. The number of nitrogens with zero attached hydrogens (tertiary/aromatic N) is 1. The molecular formula is C14H28N2O2. The molecule has 1 aliphatic carbocycles. The molecule has 0 heterocycles. The van der Waals surface area contributed by atoms with Crippen molar-refractivity contribution in [3.63, 3.8) is 0 Å². The lowest BCUT2D eigenvalue weighted by molar-refractivity contribution is 0.168. The summed E-state index contributed by atoms with van der Waals surface area (Å²) >= 11 is 0. The van der Waals surface area contributed by atoms with E-state index < -0.39 is 0 Å². The monoisotopic (exact) mass is 256 g/mol. The Hall–Kier alpha value is -0.770. The molecule has 106 valence electrons. The zero-order valence-electron chi connectivity index (χ0n) is 11.8. The summed E-state index contributed by atoms with van der Waals surface area (Å²) in [6.45, 7) is 5.58.